The van der Waals surface area contributed by atoms with Gasteiger partial charge in [0.25, 0.3) is 0 Å². The molecule has 1 aromatic heterocycles. The zero-order valence-corrected chi connectivity index (χ0v) is 9.78. The lowest BCUT2D eigenvalue weighted by molar-refractivity contribution is 1.13. The SMILES string of the molecule is N#Cc1ncccc1NCc1cccc(Cl)c1. The minimum atomic E-state index is 0.398. The molecule has 0 atom stereocenters. The highest BCUT2D eigenvalue weighted by molar-refractivity contribution is 6.30. The molecule has 17 heavy (non-hydrogen) atoms. The maximum absolute atomic E-state index is 8.89. The highest BCUT2D eigenvalue weighted by Gasteiger charge is 2.01. The lowest BCUT2D eigenvalue weighted by atomic mass is 10.2. The number of aromatic nitrogens is 1. The van der Waals surface area contributed by atoms with Crippen LogP contribution in [0.15, 0.2) is 42.6 Å². The van der Waals surface area contributed by atoms with Crippen molar-refractivity contribution in [2.75, 3.05) is 5.32 Å². The number of pyridine rings is 1. The zero-order valence-electron chi connectivity index (χ0n) is 9.02. The van der Waals surface area contributed by atoms with E-state index in [1.54, 1.807) is 12.3 Å². The summed E-state index contributed by atoms with van der Waals surface area (Å²) < 4.78 is 0. The normalized spacial score (nSPS) is 9.65. The first kappa shape index (κ1) is 11.4. The summed E-state index contributed by atoms with van der Waals surface area (Å²) in [4.78, 5) is 3.98. The van der Waals surface area contributed by atoms with Crippen molar-refractivity contribution in [1.29, 1.82) is 5.26 Å². The standard InChI is InChI=1S/C13H10ClN3/c14-11-4-1-3-10(7-11)9-17-12-5-2-6-16-13(12)8-15/h1-7,17H,9H2. The van der Waals surface area contributed by atoms with E-state index in [2.05, 4.69) is 10.3 Å². The molecule has 84 valence electrons. The summed E-state index contributed by atoms with van der Waals surface area (Å²) >= 11 is 5.89. The molecular weight excluding hydrogens is 234 g/mol. The molecule has 0 radical (unpaired) electrons. The number of benzene rings is 1. The van der Waals surface area contributed by atoms with Crippen LogP contribution in [0.4, 0.5) is 5.69 Å². The van der Waals surface area contributed by atoms with Gasteiger partial charge in [-0.3, -0.25) is 0 Å². The molecule has 0 saturated carbocycles. The number of hydrogen-bond donors (Lipinski definition) is 1. The van der Waals surface area contributed by atoms with Crippen LogP contribution in [0.1, 0.15) is 11.3 Å². The predicted molar refractivity (Wildman–Crippen MR) is 67.7 cm³/mol. The van der Waals surface area contributed by atoms with Gasteiger partial charge in [-0.1, -0.05) is 23.7 Å². The van der Waals surface area contributed by atoms with Crippen molar-refractivity contribution in [3.05, 3.63) is 58.9 Å². The fraction of sp³-hybridized carbons (Fsp3) is 0.0769. The topological polar surface area (TPSA) is 48.7 Å². The molecule has 0 unspecified atom stereocenters. The molecule has 1 heterocycles. The quantitative estimate of drug-likeness (QED) is 0.901. The largest absolute Gasteiger partial charge is 0.379 e. The molecule has 0 amide bonds. The molecular formula is C13H10ClN3. The molecule has 0 spiro atoms. The van der Waals surface area contributed by atoms with Crippen LogP contribution in [0.25, 0.3) is 0 Å². The van der Waals surface area contributed by atoms with E-state index < -0.39 is 0 Å². The monoisotopic (exact) mass is 243 g/mol. The zero-order chi connectivity index (χ0) is 12.1. The number of nitrogens with one attached hydrogen (secondary N) is 1. The summed E-state index contributed by atoms with van der Waals surface area (Å²) in [5, 5.41) is 12.8. The van der Waals surface area contributed by atoms with Gasteiger partial charge < -0.3 is 5.32 Å². The van der Waals surface area contributed by atoms with Crippen molar-refractivity contribution in [2.24, 2.45) is 0 Å². The molecule has 1 aromatic carbocycles. The summed E-state index contributed by atoms with van der Waals surface area (Å²) in [5.41, 5.74) is 2.19. The van der Waals surface area contributed by atoms with E-state index in [0.717, 1.165) is 11.3 Å². The van der Waals surface area contributed by atoms with Crippen LogP contribution in [0.3, 0.4) is 0 Å². The third kappa shape index (κ3) is 2.96. The molecule has 2 rings (SSSR count). The number of anilines is 1. The molecule has 0 fully saturated rings. The Bertz CT molecular complexity index is 561. The van der Waals surface area contributed by atoms with E-state index in [-0.39, 0.29) is 0 Å². The lowest BCUT2D eigenvalue weighted by Gasteiger charge is -2.07. The second-order valence-corrected chi connectivity index (χ2v) is 3.93. The fourth-order valence-electron chi connectivity index (χ4n) is 1.48. The number of halogens is 1. The fourth-order valence-corrected chi connectivity index (χ4v) is 1.69. The van der Waals surface area contributed by atoms with Crippen LogP contribution in [-0.2, 0) is 6.54 Å². The van der Waals surface area contributed by atoms with E-state index in [1.165, 1.54) is 0 Å². The Kier molecular flexibility index (Phi) is 3.59. The molecule has 0 aliphatic heterocycles. The summed E-state index contributed by atoms with van der Waals surface area (Å²) in [6, 6.07) is 13.3. The molecule has 0 aliphatic carbocycles. The third-order valence-corrected chi connectivity index (χ3v) is 2.52. The van der Waals surface area contributed by atoms with E-state index in [1.807, 2.05) is 36.4 Å². The number of hydrogen-bond acceptors (Lipinski definition) is 3. The smallest absolute Gasteiger partial charge is 0.163 e. The van der Waals surface area contributed by atoms with Crippen LogP contribution in [0, 0.1) is 11.3 Å². The number of nitriles is 1. The first-order chi connectivity index (χ1) is 8.29. The Balaban J connectivity index is 2.10. The first-order valence-electron chi connectivity index (χ1n) is 5.13. The van der Waals surface area contributed by atoms with Gasteiger partial charge in [0.15, 0.2) is 5.69 Å². The van der Waals surface area contributed by atoms with Gasteiger partial charge in [-0.25, -0.2) is 4.98 Å². The number of nitrogens with zero attached hydrogens (tertiary/aromatic N) is 2. The van der Waals surface area contributed by atoms with E-state index in [4.69, 9.17) is 16.9 Å². The van der Waals surface area contributed by atoms with Gasteiger partial charge in [0.1, 0.15) is 6.07 Å². The van der Waals surface area contributed by atoms with Crippen molar-refractivity contribution in [2.45, 2.75) is 6.54 Å². The van der Waals surface area contributed by atoms with Crippen LogP contribution >= 0.6 is 11.6 Å². The van der Waals surface area contributed by atoms with Gasteiger partial charge in [-0.2, -0.15) is 5.26 Å². The summed E-state index contributed by atoms with van der Waals surface area (Å²) in [5.74, 6) is 0. The maximum atomic E-state index is 8.89. The molecule has 4 heteroatoms. The Morgan fingerprint density at radius 2 is 2.18 bits per heavy atom. The molecule has 2 aromatic rings. The Morgan fingerprint density at radius 3 is 2.94 bits per heavy atom. The van der Waals surface area contributed by atoms with Gasteiger partial charge in [0, 0.05) is 17.8 Å². The second-order valence-electron chi connectivity index (χ2n) is 3.49. The van der Waals surface area contributed by atoms with E-state index in [0.29, 0.717) is 17.3 Å². The Morgan fingerprint density at radius 1 is 1.29 bits per heavy atom. The van der Waals surface area contributed by atoms with Crippen molar-refractivity contribution in [3.8, 4) is 6.07 Å². The summed E-state index contributed by atoms with van der Waals surface area (Å²) in [7, 11) is 0. The summed E-state index contributed by atoms with van der Waals surface area (Å²) in [6.07, 6.45) is 1.60. The van der Waals surface area contributed by atoms with Gasteiger partial charge in [-0.05, 0) is 29.8 Å². The second kappa shape index (κ2) is 5.33. The molecule has 3 nitrogen and oxygen atoms in total. The minimum Gasteiger partial charge on any atom is -0.379 e. The van der Waals surface area contributed by atoms with E-state index >= 15 is 0 Å². The van der Waals surface area contributed by atoms with Crippen molar-refractivity contribution < 1.29 is 0 Å². The molecule has 0 aliphatic rings. The highest BCUT2D eigenvalue weighted by Crippen LogP contribution is 2.15. The van der Waals surface area contributed by atoms with Crippen LogP contribution in [0.2, 0.25) is 5.02 Å². The minimum absolute atomic E-state index is 0.398. The van der Waals surface area contributed by atoms with Crippen LogP contribution in [-0.4, -0.2) is 4.98 Å². The molecule has 1 N–H and O–H groups in total. The average Bonchev–Trinajstić information content (AvgIpc) is 2.37. The van der Waals surface area contributed by atoms with Crippen molar-refractivity contribution in [3.63, 3.8) is 0 Å². The average molecular weight is 244 g/mol. The maximum Gasteiger partial charge on any atom is 0.163 e. The summed E-state index contributed by atoms with van der Waals surface area (Å²) in [6.45, 7) is 0.612. The molecule has 0 bridgehead atoms. The number of rotatable bonds is 3. The Hall–Kier alpha value is -2.05. The van der Waals surface area contributed by atoms with Crippen molar-refractivity contribution >= 4 is 17.3 Å². The van der Waals surface area contributed by atoms with E-state index in [9.17, 15) is 0 Å². The first-order valence-corrected chi connectivity index (χ1v) is 5.51. The van der Waals surface area contributed by atoms with Gasteiger partial charge in [-0.15, -0.1) is 0 Å². The molecule has 0 saturated heterocycles. The highest BCUT2D eigenvalue weighted by atomic mass is 35.5. The lowest BCUT2D eigenvalue weighted by Crippen LogP contribution is -2.02. The predicted octanol–water partition coefficient (Wildman–Crippen LogP) is 3.22. The van der Waals surface area contributed by atoms with Crippen LogP contribution in [0.5, 0.6) is 0 Å². The third-order valence-electron chi connectivity index (χ3n) is 2.29. The van der Waals surface area contributed by atoms with Gasteiger partial charge in [0.05, 0.1) is 5.69 Å². The van der Waals surface area contributed by atoms with Gasteiger partial charge >= 0.3 is 0 Å². The van der Waals surface area contributed by atoms with Crippen molar-refractivity contribution in [1.82, 2.24) is 4.98 Å². The Labute approximate surface area is 105 Å². The van der Waals surface area contributed by atoms with Crippen LogP contribution < -0.4 is 5.32 Å². The van der Waals surface area contributed by atoms with Gasteiger partial charge in [0.2, 0.25) is 0 Å².